The lowest BCUT2D eigenvalue weighted by molar-refractivity contribution is 1.02. The van der Waals surface area contributed by atoms with Crippen molar-refractivity contribution >= 4 is 33.4 Å². The molecule has 0 amide bonds. The molecule has 0 saturated carbocycles. The van der Waals surface area contributed by atoms with Crippen molar-refractivity contribution in [1.82, 2.24) is 4.98 Å². The highest BCUT2D eigenvalue weighted by Gasteiger charge is 2.01. The van der Waals surface area contributed by atoms with Gasteiger partial charge >= 0.3 is 0 Å². The number of thioether (sulfide) groups is 1. The number of para-hydroxylation sites is 1. The standard InChI is InChI=1S/C14H15BrN2S/c1-2-18-13-8-4-3-7-12(13)16-10-11-6-5-9-14(15)17-11/h3-9,16H,2,10H2,1H3. The molecule has 1 aromatic carbocycles. The van der Waals surface area contributed by atoms with Crippen LogP contribution in [0.25, 0.3) is 0 Å². The van der Waals surface area contributed by atoms with Crippen LogP contribution in [0.4, 0.5) is 5.69 Å². The number of hydrogen-bond donors (Lipinski definition) is 1. The Bertz CT molecular complexity index is 517. The maximum Gasteiger partial charge on any atom is 0.106 e. The van der Waals surface area contributed by atoms with Crippen LogP contribution < -0.4 is 5.32 Å². The summed E-state index contributed by atoms with van der Waals surface area (Å²) in [6.45, 7) is 2.90. The summed E-state index contributed by atoms with van der Waals surface area (Å²) in [7, 11) is 0. The van der Waals surface area contributed by atoms with Gasteiger partial charge in [0.2, 0.25) is 0 Å². The smallest absolute Gasteiger partial charge is 0.106 e. The Morgan fingerprint density at radius 3 is 2.78 bits per heavy atom. The van der Waals surface area contributed by atoms with Gasteiger partial charge in [0.15, 0.2) is 0 Å². The topological polar surface area (TPSA) is 24.9 Å². The van der Waals surface area contributed by atoms with Crippen LogP contribution in [0.1, 0.15) is 12.6 Å². The largest absolute Gasteiger partial charge is 0.378 e. The lowest BCUT2D eigenvalue weighted by atomic mass is 10.3. The molecule has 0 bridgehead atoms. The second kappa shape index (κ2) is 6.81. The molecule has 0 spiro atoms. The number of hydrogen-bond acceptors (Lipinski definition) is 3. The SMILES string of the molecule is CCSc1ccccc1NCc1cccc(Br)n1. The van der Waals surface area contributed by atoms with Crippen molar-refractivity contribution in [3.63, 3.8) is 0 Å². The van der Waals surface area contributed by atoms with Gasteiger partial charge in [0.25, 0.3) is 0 Å². The Labute approximate surface area is 120 Å². The zero-order chi connectivity index (χ0) is 12.8. The van der Waals surface area contributed by atoms with E-state index in [1.807, 2.05) is 30.0 Å². The Morgan fingerprint density at radius 1 is 1.17 bits per heavy atom. The van der Waals surface area contributed by atoms with E-state index in [4.69, 9.17) is 0 Å². The van der Waals surface area contributed by atoms with Crippen LogP contribution in [0.3, 0.4) is 0 Å². The number of nitrogens with one attached hydrogen (secondary N) is 1. The maximum absolute atomic E-state index is 4.41. The molecule has 0 saturated heterocycles. The number of aromatic nitrogens is 1. The van der Waals surface area contributed by atoms with E-state index < -0.39 is 0 Å². The van der Waals surface area contributed by atoms with Crippen LogP contribution in [-0.4, -0.2) is 10.7 Å². The average molecular weight is 323 g/mol. The third-order valence-corrected chi connectivity index (χ3v) is 3.82. The van der Waals surface area contributed by atoms with Crippen molar-refractivity contribution in [3.05, 3.63) is 52.8 Å². The van der Waals surface area contributed by atoms with Gasteiger partial charge in [0.1, 0.15) is 4.60 Å². The monoisotopic (exact) mass is 322 g/mol. The summed E-state index contributed by atoms with van der Waals surface area (Å²) in [5, 5.41) is 3.44. The Morgan fingerprint density at radius 2 is 2.00 bits per heavy atom. The quantitative estimate of drug-likeness (QED) is 0.644. The molecule has 0 radical (unpaired) electrons. The molecular weight excluding hydrogens is 308 g/mol. The fourth-order valence-corrected chi connectivity index (χ4v) is 2.79. The Kier molecular flexibility index (Phi) is 5.08. The van der Waals surface area contributed by atoms with Crippen molar-refractivity contribution in [2.24, 2.45) is 0 Å². The molecule has 0 aliphatic rings. The minimum absolute atomic E-state index is 0.737. The van der Waals surface area contributed by atoms with Gasteiger partial charge in [-0.1, -0.05) is 25.1 Å². The fraction of sp³-hybridized carbons (Fsp3) is 0.214. The molecule has 0 aliphatic carbocycles. The van der Waals surface area contributed by atoms with E-state index in [0.717, 1.165) is 22.6 Å². The first-order chi connectivity index (χ1) is 8.79. The van der Waals surface area contributed by atoms with E-state index in [9.17, 15) is 0 Å². The van der Waals surface area contributed by atoms with Crippen LogP contribution in [0.2, 0.25) is 0 Å². The minimum Gasteiger partial charge on any atom is -0.378 e. The highest BCUT2D eigenvalue weighted by Crippen LogP contribution is 2.26. The Hall–Kier alpha value is -1.000. The van der Waals surface area contributed by atoms with Crippen LogP contribution >= 0.6 is 27.7 Å². The highest BCUT2D eigenvalue weighted by atomic mass is 79.9. The molecule has 2 nitrogen and oxygen atoms in total. The first-order valence-corrected chi connectivity index (χ1v) is 7.64. The number of halogens is 1. The van der Waals surface area contributed by atoms with E-state index in [-0.39, 0.29) is 0 Å². The van der Waals surface area contributed by atoms with Crippen molar-refractivity contribution < 1.29 is 0 Å². The summed E-state index contributed by atoms with van der Waals surface area (Å²) in [5.74, 6) is 1.08. The normalized spacial score (nSPS) is 10.3. The molecule has 0 unspecified atom stereocenters. The van der Waals surface area contributed by atoms with E-state index >= 15 is 0 Å². The molecule has 4 heteroatoms. The van der Waals surface area contributed by atoms with Gasteiger partial charge in [-0.25, -0.2) is 4.98 Å². The van der Waals surface area contributed by atoms with Crippen LogP contribution in [0.5, 0.6) is 0 Å². The van der Waals surface area contributed by atoms with Gasteiger partial charge < -0.3 is 5.32 Å². The summed E-state index contributed by atoms with van der Waals surface area (Å²) >= 11 is 5.23. The number of anilines is 1. The first kappa shape index (κ1) is 13.4. The van der Waals surface area contributed by atoms with E-state index in [2.05, 4.69) is 57.4 Å². The van der Waals surface area contributed by atoms with Gasteiger partial charge in [-0.2, -0.15) is 0 Å². The van der Waals surface area contributed by atoms with Crippen molar-refractivity contribution in [2.45, 2.75) is 18.4 Å². The molecule has 18 heavy (non-hydrogen) atoms. The number of pyridine rings is 1. The maximum atomic E-state index is 4.41. The average Bonchev–Trinajstić information content (AvgIpc) is 2.38. The summed E-state index contributed by atoms with van der Waals surface area (Å²) in [6, 6.07) is 14.3. The van der Waals surface area contributed by atoms with Crippen LogP contribution in [0, 0.1) is 0 Å². The second-order valence-electron chi connectivity index (χ2n) is 3.73. The molecule has 0 aliphatic heterocycles. The van der Waals surface area contributed by atoms with Crippen molar-refractivity contribution in [2.75, 3.05) is 11.1 Å². The third-order valence-electron chi connectivity index (χ3n) is 2.42. The third kappa shape index (κ3) is 3.75. The summed E-state index contributed by atoms with van der Waals surface area (Å²) < 4.78 is 0.873. The predicted molar refractivity (Wildman–Crippen MR) is 82.1 cm³/mol. The van der Waals surface area contributed by atoms with Crippen molar-refractivity contribution in [3.8, 4) is 0 Å². The summed E-state index contributed by atoms with van der Waals surface area (Å²) in [6.07, 6.45) is 0. The number of nitrogens with zero attached hydrogens (tertiary/aromatic N) is 1. The lowest BCUT2D eigenvalue weighted by Crippen LogP contribution is -2.02. The fourth-order valence-electron chi connectivity index (χ4n) is 1.63. The van der Waals surface area contributed by atoms with E-state index in [1.54, 1.807) is 0 Å². The molecule has 94 valence electrons. The minimum atomic E-state index is 0.737. The summed E-state index contributed by atoms with van der Waals surface area (Å²) in [5.41, 5.74) is 2.20. The van der Waals surface area contributed by atoms with Crippen LogP contribution in [-0.2, 0) is 6.54 Å². The Balaban J connectivity index is 2.06. The molecule has 1 aromatic heterocycles. The molecule has 1 heterocycles. The zero-order valence-electron chi connectivity index (χ0n) is 10.2. The van der Waals surface area contributed by atoms with Gasteiger partial charge in [0, 0.05) is 10.6 Å². The number of rotatable bonds is 5. The molecule has 1 N–H and O–H groups in total. The van der Waals surface area contributed by atoms with Gasteiger partial charge in [-0.05, 0) is 45.9 Å². The molecule has 2 aromatic rings. The van der Waals surface area contributed by atoms with E-state index in [0.29, 0.717) is 0 Å². The van der Waals surface area contributed by atoms with Crippen LogP contribution in [0.15, 0.2) is 52.0 Å². The van der Waals surface area contributed by atoms with Crippen molar-refractivity contribution in [1.29, 1.82) is 0 Å². The number of benzene rings is 1. The second-order valence-corrected chi connectivity index (χ2v) is 5.85. The molecule has 0 fully saturated rings. The zero-order valence-corrected chi connectivity index (χ0v) is 12.6. The molecule has 2 rings (SSSR count). The van der Waals surface area contributed by atoms with E-state index in [1.165, 1.54) is 10.6 Å². The van der Waals surface area contributed by atoms with Gasteiger partial charge in [-0.3, -0.25) is 0 Å². The molecular formula is C14H15BrN2S. The first-order valence-electron chi connectivity index (χ1n) is 5.86. The molecule has 0 atom stereocenters. The predicted octanol–water partition coefficient (Wildman–Crippen LogP) is 4.57. The van der Waals surface area contributed by atoms with Gasteiger partial charge in [-0.15, -0.1) is 11.8 Å². The van der Waals surface area contributed by atoms with Gasteiger partial charge in [0.05, 0.1) is 12.2 Å². The lowest BCUT2D eigenvalue weighted by Gasteiger charge is -2.10. The summed E-state index contributed by atoms with van der Waals surface area (Å²) in [4.78, 5) is 5.70. The highest BCUT2D eigenvalue weighted by molar-refractivity contribution is 9.10.